The molecule has 3 rings (SSSR count). The Balaban J connectivity index is 1.72. The number of amides is 2. The molecule has 2 aromatic carbocycles. The predicted molar refractivity (Wildman–Crippen MR) is 97.9 cm³/mol. The Kier molecular flexibility index (Phi) is 5.03. The predicted octanol–water partition coefficient (Wildman–Crippen LogP) is 3.25. The Morgan fingerprint density at radius 3 is 2.80 bits per heavy atom. The molecule has 1 N–H and O–H groups in total. The number of benzene rings is 2. The molecule has 5 nitrogen and oxygen atoms in total. The van der Waals surface area contributed by atoms with Crippen LogP contribution in [0.25, 0.3) is 0 Å². The number of para-hydroxylation sites is 2. The third kappa shape index (κ3) is 3.65. The van der Waals surface area contributed by atoms with Gasteiger partial charge in [-0.15, -0.1) is 0 Å². The van der Waals surface area contributed by atoms with Crippen LogP contribution in [-0.2, 0) is 16.0 Å². The summed E-state index contributed by atoms with van der Waals surface area (Å²) >= 11 is 0. The van der Waals surface area contributed by atoms with E-state index < -0.39 is 0 Å². The lowest BCUT2D eigenvalue weighted by Crippen LogP contribution is -2.28. The van der Waals surface area contributed by atoms with Gasteiger partial charge < -0.3 is 15.0 Å². The molecular formula is C20H22N2O3. The highest BCUT2D eigenvalue weighted by Gasteiger charge is 2.35. The average molecular weight is 338 g/mol. The number of aryl methyl sites for hydroxylation is 1. The van der Waals surface area contributed by atoms with Gasteiger partial charge in [-0.2, -0.15) is 0 Å². The van der Waals surface area contributed by atoms with E-state index in [9.17, 15) is 9.59 Å². The third-order valence-electron chi connectivity index (χ3n) is 4.49. The molecule has 2 aromatic rings. The van der Waals surface area contributed by atoms with E-state index in [0.29, 0.717) is 18.0 Å². The summed E-state index contributed by atoms with van der Waals surface area (Å²) in [6, 6.07) is 15.2. The average Bonchev–Trinajstić information content (AvgIpc) is 3.04. The molecule has 2 amide bonds. The maximum atomic E-state index is 12.6. The number of rotatable bonds is 5. The third-order valence-corrected chi connectivity index (χ3v) is 4.49. The molecule has 25 heavy (non-hydrogen) atoms. The Labute approximate surface area is 147 Å². The topological polar surface area (TPSA) is 58.6 Å². The van der Waals surface area contributed by atoms with E-state index in [0.717, 1.165) is 12.1 Å². The maximum Gasteiger partial charge on any atom is 0.229 e. The van der Waals surface area contributed by atoms with Crippen molar-refractivity contribution in [3.63, 3.8) is 0 Å². The van der Waals surface area contributed by atoms with Crippen LogP contribution in [0.5, 0.6) is 5.75 Å². The number of hydrogen-bond donors (Lipinski definition) is 1. The highest BCUT2D eigenvalue weighted by molar-refractivity contribution is 6.03. The second-order valence-corrected chi connectivity index (χ2v) is 6.12. The minimum atomic E-state index is -0.373. The zero-order chi connectivity index (χ0) is 17.8. The largest absolute Gasteiger partial charge is 0.495 e. The second-order valence-electron chi connectivity index (χ2n) is 6.12. The van der Waals surface area contributed by atoms with Crippen molar-refractivity contribution in [1.29, 1.82) is 0 Å². The molecule has 1 heterocycles. The highest BCUT2D eigenvalue weighted by atomic mass is 16.5. The molecule has 0 aliphatic carbocycles. The van der Waals surface area contributed by atoms with E-state index in [1.807, 2.05) is 36.4 Å². The van der Waals surface area contributed by atoms with Crippen LogP contribution < -0.4 is 15.0 Å². The fourth-order valence-corrected chi connectivity index (χ4v) is 3.06. The molecule has 1 fully saturated rings. The van der Waals surface area contributed by atoms with Gasteiger partial charge in [0.15, 0.2) is 0 Å². The van der Waals surface area contributed by atoms with E-state index in [1.54, 1.807) is 24.1 Å². The van der Waals surface area contributed by atoms with Gasteiger partial charge in [-0.25, -0.2) is 0 Å². The standard InChI is InChI=1S/C20H22N2O3/c1-3-14-7-6-8-16(11-14)22-13-15(12-19(22)23)20(24)21-17-9-4-5-10-18(17)25-2/h4-11,15H,3,12-13H2,1-2H3,(H,21,24). The van der Waals surface area contributed by atoms with Gasteiger partial charge in [0.1, 0.15) is 5.75 Å². The first kappa shape index (κ1) is 17.0. The molecule has 1 saturated heterocycles. The second kappa shape index (κ2) is 7.38. The summed E-state index contributed by atoms with van der Waals surface area (Å²) in [5, 5.41) is 2.88. The first-order valence-electron chi connectivity index (χ1n) is 8.45. The van der Waals surface area contributed by atoms with Gasteiger partial charge in [0.25, 0.3) is 0 Å². The first-order valence-corrected chi connectivity index (χ1v) is 8.45. The van der Waals surface area contributed by atoms with Crippen molar-refractivity contribution in [2.24, 2.45) is 5.92 Å². The zero-order valence-electron chi connectivity index (χ0n) is 14.5. The van der Waals surface area contributed by atoms with Crippen LogP contribution in [0.3, 0.4) is 0 Å². The van der Waals surface area contributed by atoms with Gasteiger partial charge in [0.2, 0.25) is 11.8 Å². The lowest BCUT2D eigenvalue weighted by molar-refractivity contribution is -0.122. The highest BCUT2D eigenvalue weighted by Crippen LogP contribution is 2.28. The summed E-state index contributed by atoms with van der Waals surface area (Å²) in [4.78, 5) is 26.7. The molecular weight excluding hydrogens is 316 g/mol. The van der Waals surface area contributed by atoms with Crippen LogP contribution in [-0.4, -0.2) is 25.5 Å². The van der Waals surface area contributed by atoms with Gasteiger partial charge in [0, 0.05) is 18.7 Å². The fraction of sp³-hybridized carbons (Fsp3) is 0.300. The summed E-state index contributed by atoms with van der Waals surface area (Å²) in [6.07, 6.45) is 1.13. The van der Waals surface area contributed by atoms with Crippen molar-refractivity contribution in [1.82, 2.24) is 0 Å². The summed E-state index contributed by atoms with van der Waals surface area (Å²) in [6.45, 7) is 2.47. The Hall–Kier alpha value is -2.82. The minimum absolute atomic E-state index is 0.0200. The number of nitrogens with one attached hydrogen (secondary N) is 1. The quantitative estimate of drug-likeness (QED) is 0.910. The van der Waals surface area contributed by atoms with Crippen LogP contribution in [0, 0.1) is 5.92 Å². The number of methoxy groups -OCH3 is 1. The van der Waals surface area contributed by atoms with E-state index in [-0.39, 0.29) is 24.2 Å². The maximum absolute atomic E-state index is 12.6. The van der Waals surface area contributed by atoms with E-state index in [2.05, 4.69) is 12.2 Å². The minimum Gasteiger partial charge on any atom is -0.495 e. The Morgan fingerprint density at radius 2 is 2.04 bits per heavy atom. The van der Waals surface area contributed by atoms with Gasteiger partial charge in [-0.05, 0) is 36.2 Å². The van der Waals surface area contributed by atoms with Crippen LogP contribution in [0.2, 0.25) is 0 Å². The molecule has 0 spiro atoms. The smallest absolute Gasteiger partial charge is 0.229 e. The van der Waals surface area contributed by atoms with Crippen molar-refractivity contribution in [2.45, 2.75) is 19.8 Å². The summed E-state index contributed by atoms with van der Waals surface area (Å²) in [7, 11) is 1.56. The molecule has 0 aromatic heterocycles. The number of carbonyl (C=O) groups excluding carboxylic acids is 2. The summed E-state index contributed by atoms with van der Waals surface area (Å²) < 4.78 is 5.25. The summed E-state index contributed by atoms with van der Waals surface area (Å²) in [5.74, 6) is 0.0517. The van der Waals surface area contributed by atoms with Gasteiger partial charge in [0.05, 0.1) is 18.7 Å². The Bertz CT molecular complexity index is 788. The molecule has 130 valence electrons. The molecule has 0 saturated carbocycles. The van der Waals surface area contributed by atoms with Crippen molar-refractivity contribution in [2.75, 3.05) is 23.9 Å². The van der Waals surface area contributed by atoms with Crippen LogP contribution in [0.1, 0.15) is 18.9 Å². The molecule has 5 heteroatoms. The van der Waals surface area contributed by atoms with Gasteiger partial charge in [-0.1, -0.05) is 31.2 Å². The lowest BCUT2D eigenvalue weighted by atomic mass is 10.1. The number of nitrogens with zero attached hydrogens (tertiary/aromatic N) is 1. The van der Waals surface area contributed by atoms with Crippen molar-refractivity contribution in [3.05, 3.63) is 54.1 Å². The SMILES string of the molecule is CCc1cccc(N2CC(C(=O)Nc3ccccc3OC)CC2=O)c1. The fourth-order valence-electron chi connectivity index (χ4n) is 3.06. The number of hydrogen-bond acceptors (Lipinski definition) is 3. The van der Waals surface area contributed by atoms with E-state index >= 15 is 0 Å². The van der Waals surface area contributed by atoms with Crippen molar-refractivity contribution in [3.8, 4) is 5.75 Å². The molecule has 1 aliphatic heterocycles. The van der Waals surface area contributed by atoms with Gasteiger partial charge >= 0.3 is 0 Å². The lowest BCUT2D eigenvalue weighted by Gasteiger charge is -2.18. The molecule has 0 bridgehead atoms. The Morgan fingerprint density at radius 1 is 1.24 bits per heavy atom. The molecule has 1 aliphatic rings. The zero-order valence-corrected chi connectivity index (χ0v) is 14.5. The monoisotopic (exact) mass is 338 g/mol. The number of ether oxygens (including phenoxy) is 1. The summed E-state index contributed by atoms with van der Waals surface area (Å²) in [5.41, 5.74) is 2.65. The molecule has 1 unspecified atom stereocenters. The normalized spacial score (nSPS) is 16.8. The number of carbonyl (C=O) groups is 2. The van der Waals surface area contributed by atoms with Crippen LogP contribution in [0.4, 0.5) is 11.4 Å². The first-order chi connectivity index (χ1) is 12.1. The van der Waals surface area contributed by atoms with Gasteiger partial charge in [-0.3, -0.25) is 9.59 Å². The number of anilines is 2. The van der Waals surface area contributed by atoms with E-state index in [4.69, 9.17) is 4.74 Å². The van der Waals surface area contributed by atoms with Crippen molar-refractivity contribution < 1.29 is 14.3 Å². The van der Waals surface area contributed by atoms with Crippen LogP contribution in [0.15, 0.2) is 48.5 Å². The molecule has 1 atom stereocenters. The van der Waals surface area contributed by atoms with Crippen LogP contribution >= 0.6 is 0 Å². The van der Waals surface area contributed by atoms with Crippen molar-refractivity contribution >= 4 is 23.2 Å². The van der Waals surface area contributed by atoms with E-state index in [1.165, 1.54) is 5.56 Å². The molecule has 0 radical (unpaired) electrons.